The molecule has 1 aliphatic rings. The van der Waals surface area contributed by atoms with E-state index in [0.29, 0.717) is 12.8 Å². The van der Waals surface area contributed by atoms with Gasteiger partial charge in [-0.1, -0.05) is 60.7 Å². The van der Waals surface area contributed by atoms with Gasteiger partial charge >= 0.3 is 12.1 Å². The monoisotopic (exact) mass is 447 g/mol. The lowest BCUT2D eigenvalue weighted by molar-refractivity contribution is -0.142. The van der Waals surface area contributed by atoms with Crippen LogP contribution >= 0.6 is 0 Å². The third-order valence-electron chi connectivity index (χ3n) is 6.23. The third-order valence-corrected chi connectivity index (χ3v) is 6.23. The van der Waals surface area contributed by atoms with Gasteiger partial charge in [0.2, 0.25) is 0 Å². The van der Waals surface area contributed by atoms with Crippen molar-refractivity contribution in [3.63, 3.8) is 0 Å². The summed E-state index contributed by atoms with van der Waals surface area (Å²) in [7, 11) is 1.45. The zero-order valence-corrected chi connectivity index (χ0v) is 18.4. The van der Waals surface area contributed by atoms with Crippen LogP contribution in [0, 0.1) is 5.82 Å². The maximum Gasteiger partial charge on any atom is 0.410 e. The van der Waals surface area contributed by atoms with E-state index in [-0.39, 0.29) is 24.8 Å². The maximum atomic E-state index is 13.1. The lowest BCUT2D eigenvalue weighted by Gasteiger charge is -2.25. The van der Waals surface area contributed by atoms with E-state index in [1.54, 1.807) is 12.1 Å². The Morgan fingerprint density at radius 1 is 0.970 bits per heavy atom. The predicted octanol–water partition coefficient (Wildman–Crippen LogP) is 5.48. The Labute approximate surface area is 192 Å². The van der Waals surface area contributed by atoms with E-state index in [1.165, 1.54) is 19.2 Å². The van der Waals surface area contributed by atoms with Crippen molar-refractivity contribution < 1.29 is 23.8 Å². The summed E-state index contributed by atoms with van der Waals surface area (Å²) in [5.41, 5.74) is 5.38. The molecule has 1 amide bonds. The molecule has 0 radical (unpaired) electrons. The summed E-state index contributed by atoms with van der Waals surface area (Å²) in [5, 5.41) is 9.67. The number of carboxylic acid groups (broad SMARTS) is 1. The second kappa shape index (κ2) is 9.86. The van der Waals surface area contributed by atoms with Gasteiger partial charge < -0.3 is 9.84 Å². The largest absolute Gasteiger partial charge is 0.480 e. The molecule has 0 aliphatic heterocycles. The van der Waals surface area contributed by atoms with E-state index < -0.39 is 18.1 Å². The number of carboxylic acids is 1. The number of benzene rings is 3. The topological polar surface area (TPSA) is 66.8 Å². The molecule has 0 unspecified atom stereocenters. The molecule has 0 saturated heterocycles. The minimum Gasteiger partial charge on any atom is -0.480 e. The van der Waals surface area contributed by atoms with Crippen LogP contribution in [0.2, 0.25) is 0 Å². The lowest BCUT2D eigenvalue weighted by Crippen LogP contribution is -2.43. The van der Waals surface area contributed by atoms with Gasteiger partial charge in [0.1, 0.15) is 18.5 Å². The number of rotatable bonds is 8. The number of carbonyl (C=O) groups excluding carboxylic acids is 1. The Morgan fingerprint density at radius 2 is 1.55 bits per heavy atom. The molecule has 0 aromatic heterocycles. The Balaban J connectivity index is 1.38. The van der Waals surface area contributed by atoms with Gasteiger partial charge in [-0.2, -0.15) is 0 Å². The van der Waals surface area contributed by atoms with Crippen molar-refractivity contribution >= 4 is 12.1 Å². The van der Waals surface area contributed by atoms with Gasteiger partial charge in [-0.15, -0.1) is 0 Å². The lowest BCUT2D eigenvalue weighted by atomic mass is 9.98. The van der Waals surface area contributed by atoms with Crippen LogP contribution in [0.3, 0.4) is 0 Å². The Hall–Kier alpha value is -3.67. The number of aryl methyl sites for hydroxylation is 1. The summed E-state index contributed by atoms with van der Waals surface area (Å²) in [6.07, 6.45) is 0.755. The molecule has 3 aromatic rings. The van der Waals surface area contributed by atoms with Gasteiger partial charge in [-0.3, -0.25) is 4.90 Å². The number of aliphatic carboxylic acids is 1. The van der Waals surface area contributed by atoms with Gasteiger partial charge in [-0.05, 0) is 59.2 Å². The smallest absolute Gasteiger partial charge is 0.410 e. The van der Waals surface area contributed by atoms with Crippen LogP contribution in [0.1, 0.15) is 35.4 Å². The summed E-state index contributed by atoms with van der Waals surface area (Å²) in [5.74, 6) is -1.47. The molecule has 5 nitrogen and oxygen atoms in total. The molecule has 1 atom stereocenters. The van der Waals surface area contributed by atoms with Gasteiger partial charge in [0.15, 0.2) is 0 Å². The number of fused-ring (bicyclic) bond motifs is 3. The van der Waals surface area contributed by atoms with E-state index in [0.717, 1.165) is 32.7 Å². The first kappa shape index (κ1) is 22.5. The molecule has 0 spiro atoms. The number of hydrogen-bond donors (Lipinski definition) is 1. The average molecular weight is 448 g/mol. The second-order valence-electron chi connectivity index (χ2n) is 8.29. The first-order valence-corrected chi connectivity index (χ1v) is 11.0. The number of halogens is 1. The normalized spacial score (nSPS) is 13.2. The van der Waals surface area contributed by atoms with E-state index in [4.69, 9.17) is 4.74 Å². The molecular weight excluding hydrogens is 421 g/mol. The number of ether oxygens (including phenoxy) is 1. The molecule has 0 bridgehead atoms. The van der Waals surface area contributed by atoms with Crippen molar-refractivity contribution in [3.05, 3.63) is 95.3 Å². The van der Waals surface area contributed by atoms with Gasteiger partial charge in [-0.25, -0.2) is 14.0 Å². The van der Waals surface area contributed by atoms with Crippen molar-refractivity contribution in [2.45, 2.75) is 31.2 Å². The summed E-state index contributed by atoms with van der Waals surface area (Å²) in [6.45, 7) is 0.138. The minimum atomic E-state index is -1.08. The third kappa shape index (κ3) is 4.90. The highest BCUT2D eigenvalue weighted by Crippen LogP contribution is 2.44. The van der Waals surface area contributed by atoms with Crippen LogP contribution in [-0.4, -0.2) is 41.8 Å². The molecule has 1 aliphatic carbocycles. The SMILES string of the molecule is CN(C(=O)OCC1c2ccccc2-c2ccccc21)[C@@H](CCCc1ccc(F)cc1)C(=O)O. The zero-order chi connectivity index (χ0) is 23.4. The number of amides is 1. The quantitative estimate of drug-likeness (QED) is 0.496. The molecule has 0 fully saturated rings. The molecule has 0 heterocycles. The number of nitrogens with zero attached hydrogens (tertiary/aromatic N) is 1. The maximum absolute atomic E-state index is 13.1. The van der Waals surface area contributed by atoms with E-state index >= 15 is 0 Å². The highest BCUT2D eigenvalue weighted by molar-refractivity contribution is 5.81. The van der Waals surface area contributed by atoms with Crippen molar-refractivity contribution in [1.29, 1.82) is 0 Å². The average Bonchev–Trinajstić information content (AvgIpc) is 3.14. The summed E-state index contributed by atoms with van der Waals surface area (Å²) >= 11 is 0. The van der Waals surface area contributed by atoms with Gasteiger partial charge in [0, 0.05) is 13.0 Å². The fraction of sp³-hybridized carbons (Fsp3) is 0.259. The zero-order valence-electron chi connectivity index (χ0n) is 18.4. The highest BCUT2D eigenvalue weighted by atomic mass is 19.1. The summed E-state index contributed by atoms with van der Waals surface area (Å²) in [4.78, 5) is 25.7. The first-order chi connectivity index (χ1) is 16.0. The van der Waals surface area contributed by atoms with Crippen molar-refractivity contribution in [2.24, 2.45) is 0 Å². The fourth-order valence-electron chi connectivity index (χ4n) is 4.46. The Bertz CT molecular complexity index is 1100. The van der Waals surface area contributed by atoms with Crippen LogP contribution in [0.15, 0.2) is 72.8 Å². The van der Waals surface area contributed by atoms with Crippen molar-refractivity contribution in [3.8, 4) is 11.1 Å². The Kier molecular flexibility index (Phi) is 6.73. The van der Waals surface area contributed by atoms with E-state index in [2.05, 4.69) is 12.1 Å². The van der Waals surface area contributed by atoms with Crippen LogP contribution in [0.25, 0.3) is 11.1 Å². The predicted molar refractivity (Wildman–Crippen MR) is 124 cm³/mol. The number of likely N-dealkylation sites (N-methyl/N-ethyl adjacent to an activating group) is 1. The van der Waals surface area contributed by atoms with Crippen LogP contribution in [0.4, 0.5) is 9.18 Å². The van der Waals surface area contributed by atoms with E-state index in [9.17, 15) is 19.1 Å². The van der Waals surface area contributed by atoms with Gasteiger partial charge in [0.25, 0.3) is 0 Å². The number of hydrogen-bond acceptors (Lipinski definition) is 3. The summed E-state index contributed by atoms with van der Waals surface area (Å²) in [6, 6.07) is 21.2. The highest BCUT2D eigenvalue weighted by Gasteiger charge is 2.31. The standard InChI is InChI=1S/C27H26FNO4/c1-29(25(26(30)31)12-6-7-18-13-15-19(28)16-14-18)27(32)33-17-24-22-10-4-2-8-20(22)21-9-3-5-11-23(21)24/h2-5,8-11,13-16,24-25H,6-7,12,17H2,1H3,(H,30,31)/t25-/m0/s1. The van der Waals surface area contributed by atoms with E-state index in [1.807, 2.05) is 36.4 Å². The first-order valence-electron chi connectivity index (χ1n) is 11.0. The molecule has 33 heavy (non-hydrogen) atoms. The van der Waals surface area contributed by atoms with Gasteiger partial charge in [0.05, 0.1) is 0 Å². The second-order valence-corrected chi connectivity index (χ2v) is 8.29. The van der Waals surface area contributed by atoms with Crippen molar-refractivity contribution in [1.82, 2.24) is 4.90 Å². The number of carbonyl (C=O) groups is 2. The molecule has 1 N–H and O–H groups in total. The molecule has 0 saturated carbocycles. The molecule has 3 aromatic carbocycles. The summed E-state index contributed by atoms with van der Waals surface area (Å²) < 4.78 is 18.6. The van der Waals surface area contributed by atoms with Crippen LogP contribution in [-0.2, 0) is 16.0 Å². The van der Waals surface area contributed by atoms with Crippen molar-refractivity contribution in [2.75, 3.05) is 13.7 Å². The molecule has 6 heteroatoms. The van der Waals surface area contributed by atoms with Crippen LogP contribution in [0.5, 0.6) is 0 Å². The minimum absolute atomic E-state index is 0.0866. The molecule has 170 valence electrons. The molecule has 4 rings (SSSR count). The molecular formula is C27H26FNO4. The Morgan fingerprint density at radius 3 is 2.12 bits per heavy atom. The fourth-order valence-corrected chi connectivity index (χ4v) is 4.46. The van der Waals surface area contributed by atoms with Crippen LogP contribution < -0.4 is 0 Å².